The van der Waals surface area contributed by atoms with Crippen molar-refractivity contribution in [3.8, 4) is 0 Å². The van der Waals surface area contributed by atoms with E-state index in [1.54, 1.807) is 11.9 Å². The highest BCUT2D eigenvalue weighted by Crippen LogP contribution is 2.04. The van der Waals surface area contributed by atoms with Crippen molar-refractivity contribution in [2.24, 2.45) is 5.10 Å². The Balaban J connectivity index is 2.02. The number of nitrogens with zero attached hydrogens (tertiary/aromatic N) is 2. The van der Waals surface area contributed by atoms with Gasteiger partial charge in [-0.2, -0.15) is 0 Å². The minimum atomic E-state index is -0.412. The number of hydrogen-bond acceptors (Lipinski definition) is 5. The third kappa shape index (κ3) is 2.80. The SMILES string of the molecule is CCOC(=O)C1=N[NH2+]NN1Cc1ccccc1. The largest absolute Gasteiger partial charge is 0.460 e. The van der Waals surface area contributed by atoms with Crippen LogP contribution < -0.4 is 11.1 Å². The lowest BCUT2D eigenvalue weighted by molar-refractivity contribution is -0.725. The molecule has 90 valence electrons. The van der Waals surface area contributed by atoms with Gasteiger partial charge >= 0.3 is 5.97 Å². The van der Waals surface area contributed by atoms with Crippen LogP contribution in [0.25, 0.3) is 0 Å². The average Bonchev–Trinajstić information content (AvgIpc) is 2.79. The Labute approximate surface area is 99.2 Å². The van der Waals surface area contributed by atoms with Crippen molar-refractivity contribution >= 4 is 11.8 Å². The summed E-state index contributed by atoms with van der Waals surface area (Å²) in [4.78, 5) is 11.6. The van der Waals surface area contributed by atoms with Crippen LogP contribution >= 0.6 is 0 Å². The van der Waals surface area contributed by atoms with E-state index < -0.39 is 5.97 Å². The first kappa shape index (κ1) is 11.6. The first-order valence-corrected chi connectivity index (χ1v) is 5.45. The molecule has 1 heterocycles. The highest BCUT2D eigenvalue weighted by atomic mass is 16.5. The van der Waals surface area contributed by atoms with Crippen molar-refractivity contribution < 1.29 is 15.1 Å². The lowest BCUT2D eigenvalue weighted by Gasteiger charge is -2.14. The molecule has 1 aromatic rings. The molecule has 1 aliphatic rings. The Kier molecular flexibility index (Phi) is 3.69. The summed E-state index contributed by atoms with van der Waals surface area (Å²) in [5.74, 6) is -0.125. The number of carbonyl (C=O) groups excluding carboxylic acids is 1. The Bertz CT molecular complexity index is 419. The third-order valence-corrected chi connectivity index (χ3v) is 2.30. The van der Waals surface area contributed by atoms with Gasteiger partial charge in [0.1, 0.15) is 0 Å². The Morgan fingerprint density at radius 1 is 1.47 bits per heavy atom. The topological polar surface area (TPSA) is 70.5 Å². The van der Waals surface area contributed by atoms with E-state index in [1.807, 2.05) is 30.3 Å². The fraction of sp³-hybridized carbons (Fsp3) is 0.273. The maximum Gasteiger partial charge on any atom is 0.381 e. The van der Waals surface area contributed by atoms with E-state index in [4.69, 9.17) is 4.74 Å². The summed E-state index contributed by atoms with van der Waals surface area (Å²) in [5.41, 5.74) is 5.47. The van der Waals surface area contributed by atoms with Gasteiger partial charge < -0.3 is 4.74 Å². The molecule has 0 fully saturated rings. The molecule has 2 rings (SSSR count). The standard InChI is InChI=1S/C11H14N4O2/c1-2-17-11(16)10-12-13-14-15(10)8-9-6-4-3-5-7-9/h3-7,13-14H,2,8H2,1H3/p+1. The molecular weight excluding hydrogens is 220 g/mol. The summed E-state index contributed by atoms with van der Waals surface area (Å²) < 4.78 is 4.92. The maximum absolute atomic E-state index is 11.6. The molecule has 0 amide bonds. The van der Waals surface area contributed by atoms with Crippen molar-refractivity contribution in [2.45, 2.75) is 13.5 Å². The molecule has 0 saturated carbocycles. The summed E-state index contributed by atoms with van der Waals surface area (Å²) in [7, 11) is 0. The first-order chi connectivity index (χ1) is 8.31. The second-order valence-electron chi connectivity index (χ2n) is 3.50. The molecule has 0 saturated heterocycles. The van der Waals surface area contributed by atoms with Gasteiger partial charge in [-0.3, -0.25) is 0 Å². The number of esters is 1. The Hall–Kier alpha value is -1.92. The highest BCUT2D eigenvalue weighted by Gasteiger charge is 2.28. The van der Waals surface area contributed by atoms with Crippen molar-refractivity contribution in [1.29, 1.82) is 0 Å². The zero-order chi connectivity index (χ0) is 12.1. The van der Waals surface area contributed by atoms with E-state index in [-0.39, 0.29) is 5.84 Å². The van der Waals surface area contributed by atoms with Crippen molar-refractivity contribution in [3.63, 3.8) is 0 Å². The molecule has 1 aromatic carbocycles. The molecule has 0 unspecified atom stereocenters. The van der Waals surface area contributed by atoms with Gasteiger partial charge in [0.25, 0.3) is 5.84 Å². The molecular formula is C11H15N4O2+. The van der Waals surface area contributed by atoms with Gasteiger partial charge in [-0.15, -0.1) is 5.53 Å². The molecule has 0 bridgehead atoms. The lowest BCUT2D eigenvalue weighted by Crippen LogP contribution is -2.87. The lowest BCUT2D eigenvalue weighted by atomic mass is 10.2. The molecule has 1 aliphatic heterocycles. The van der Waals surface area contributed by atoms with Crippen LogP contribution in [0.2, 0.25) is 0 Å². The van der Waals surface area contributed by atoms with Crippen LogP contribution in [0.5, 0.6) is 0 Å². The molecule has 6 heteroatoms. The number of carbonyl (C=O) groups is 1. The number of nitrogens with one attached hydrogen (secondary N) is 1. The predicted molar refractivity (Wildman–Crippen MR) is 61.1 cm³/mol. The zero-order valence-electron chi connectivity index (χ0n) is 9.59. The Morgan fingerprint density at radius 2 is 2.24 bits per heavy atom. The van der Waals surface area contributed by atoms with Crippen LogP contribution in [0, 0.1) is 0 Å². The van der Waals surface area contributed by atoms with Gasteiger partial charge in [0, 0.05) is 0 Å². The number of quaternary nitrogens is 1. The molecule has 0 radical (unpaired) electrons. The normalized spacial score (nSPS) is 14.6. The predicted octanol–water partition coefficient (Wildman–Crippen LogP) is -0.638. The molecule has 6 nitrogen and oxygen atoms in total. The number of ether oxygens (including phenoxy) is 1. The van der Waals surface area contributed by atoms with E-state index >= 15 is 0 Å². The van der Waals surface area contributed by atoms with Gasteiger partial charge in [-0.1, -0.05) is 30.3 Å². The maximum atomic E-state index is 11.6. The molecule has 0 aromatic heterocycles. The zero-order valence-corrected chi connectivity index (χ0v) is 9.59. The average molecular weight is 235 g/mol. The van der Waals surface area contributed by atoms with E-state index in [2.05, 4.69) is 10.6 Å². The number of hydrogen-bond donors (Lipinski definition) is 2. The van der Waals surface area contributed by atoms with E-state index in [9.17, 15) is 4.79 Å². The van der Waals surface area contributed by atoms with Crippen LogP contribution in [-0.4, -0.2) is 23.4 Å². The van der Waals surface area contributed by atoms with Gasteiger partial charge in [0.2, 0.25) is 0 Å². The molecule has 3 N–H and O–H groups in total. The summed E-state index contributed by atoms with van der Waals surface area (Å²) in [5, 5.41) is 5.62. The summed E-state index contributed by atoms with van der Waals surface area (Å²) in [6.45, 7) is 2.68. The quantitative estimate of drug-likeness (QED) is 0.538. The minimum absolute atomic E-state index is 0.288. The number of nitrogens with two attached hydrogens (primary N) is 1. The smallest absolute Gasteiger partial charge is 0.381 e. The highest BCUT2D eigenvalue weighted by molar-refractivity contribution is 6.35. The number of hydrazine groups is 1. The monoisotopic (exact) mass is 235 g/mol. The number of benzene rings is 1. The second-order valence-corrected chi connectivity index (χ2v) is 3.50. The van der Waals surface area contributed by atoms with E-state index in [1.165, 1.54) is 5.53 Å². The molecule has 0 atom stereocenters. The van der Waals surface area contributed by atoms with Crippen LogP contribution in [0.4, 0.5) is 0 Å². The fourth-order valence-corrected chi connectivity index (χ4v) is 1.54. The molecule has 0 aliphatic carbocycles. The van der Waals surface area contributed by atoms with Crippen LogP contribution in [0.1, 0.15) is 12.5 Å². The van der Waals surface area contributed by atoms with E-state index in [0.29, 0.717) is 13.2 Å². The third-order valence-electron chi connectivity index (χ3n) is 2.30. The minimum Gasteiger partial charge on any atom is -0.460 e. The van der Waals surface area contributed by atoms with Crippen molar-refractivity contribution in [2.75, 3.05) is 6.61 Å². The van der Waals surface area contributed by atoms with Gasteiger partial charge in [-0.05, 0) is 23.1 Å². The fourth-order valence-electron chi connectivity index (χ4n) is 1.54. The van der Waals surface area contributed by atoms with E-state index in [0.717, 1.165) is 5.56 Å². The van der Waals surface area contributed by atoms with Crippen LogP contribution in [0.15, 0.2) is 35.4 Å². The van der Waals surface area contributed by atoms with Gasteiger partial charge in [0.05, 0.1) is 13.2 Å². The van der Waals surface area contributed by atoms with Crippen LogP contribution in [0.3, 0.4) is 0 Å². The molecule has 17 heavy (non-hydrogen) atoms. The van der Waals surface area contributed by atoms with Gasteiger partial charge in [0.15, 0.2) is 0 Å². The summed E-state index contributed by atoms with van der Waals surface area (Å²) in [6.07, 6.45) is 0. The number of rotatable bonds is 4. The second kappa shape index (κ2) is 5.42. The van der Waals surface area contributed by atoms with Crippen molar-refractivity contribution in [3.05, 3.63) is 35.9 Å². The van der Waals surface area contributed by atoms with Crippen LogP contribution in [-0.2, 0) is 16.1 Å². The van der Waals surface area contributed by atoms with Gasteiger partial charge in [-0.25, -0.2) is 9.80 Å². The van der Waals surface area contributed by atoms with Crippen molar-refractivity contribution in [1.82, 2.24) is 10.5 Å². The first-order valence-electron chi connectivity index (χ1n) is 5.45. The summed E-state index contributed by atoms with van der Waals surface area (Å²) in [6, 6.07) is 9.84. The number of amidine groups is 1. The summed E-state index contributed by atoms with van der Waals surface area (Å²) >= 11 is 0. The Morgan fingerprint density at radius 3 is 2.94 bits per heavy atom. The molecule has 0 spiro atoms.